The molecule has 3 aromatic carbocycles. The number of hydrogen-bond donors (Lipinski definition) is 0. The van der Waals surface area contributed by atoms with Crippen LogP contribution < -0.4 is 10.6 Å². The number of benzene rings is 3. The van der Waals surface area contributed by atoms with Crippen molar-refractivity contribution in [3.63, 3.8) is 0 Å². The number of rotatable bonds is 4. The molecule has 24 heavy (non-hydrogen) atoms. The fraction of sp³-hybridized carbons (Fsp3) is 0.217. The molecule has 0 fully saturated rings. The first-order valence-electron chi connectivity index (χ1n) is 8.52. The number of hydrogen-bond acceptors (Lipinski definition) is 0. The Morgan fingerprint density at radius 1 is 0.583 bits per heavy atom. The Morgan fingerprint density at radius 2 is 1.08 bits per heavy atom. The van der Waals surface area contributed by atoms with E-state index in [-0.39, 0.29) is 0 Å². The van der Waals surface area contributed by atoms with E-state index in [1.807, 2.05) is 0 Å². The minimum Gasteiger partial charge on any atom is -0.0622 e. The van der Waals surface area contributed by atoms with Gasteiger partial charge < -0.3 is 0 Å². The summed E-state index contributed by atoms with van der Waals surface area (Å²) in [7, 11) is -0.401. The summed E-state index contributed by atoms with van der Waals surface area (Å²) < 4.78 is 0. The molecule has 0 nitrogen and oxygen atoms in total. The molecule has 0 spiro atoms. The van der Waals surface area contributed by atoms with Crippen LogP contribution in [0.2, 0.25) is 0 Å². The predicted octanol–water partition coefficient (Wildman–Crippen LogP) is 5.55. The molecule has 0 amide bonds. The Hall–Kier alpha value is -1.91. The van der Waals surface area contributed by atoms with Crippen LogP contribution in [0.1, 0.15) is 27.8 Å². The Kier molecular flexibility index (Phi) is 5.17. The average Bonchev–Trinajstić information content (AvgIpc) is 2.59. The maximum Gasteiger partial charge on any atom is 0.000763 e. The van der Waals surface area contributed by atoms with Crippen LogP contribution >= 0.6 is 7.92 Å². The molecule has 0 radical (unpaired) electrons. The molecule has 3 rings (SSSR count). The van der Waals surface area contributed by atoms with Crippen LogP contribution in [0.5, 0.6) is 0 Å². The van der Waals surface area contributed by atoms with Gasteiger partial charge in [0.05, 0.1) is 0 Å². The molecule has 0 N–H and O–H groups in total. The average molecular weight is 332 g/mol. The second-order valence-corrected chi connectivity index (χ2v) is 8.65. The van der Waals surface area contributed by atoms with Crippen LogP contribution in [0.15, 0.2) is 66.7 Å². The molecule has 0 atom stereocenters. The van der Waals surface area contributed by atoms with Crippen LogP contribution in [-0.2, 0) is 6.16 Å². The van der Waals surface area contributed by atoms with E-state index >= 15 is 0 Å². The van der Waals surface area contributed by atoms with Gasteiger partial charge in [-0.05, 0) is 74.0 Å². The summed E-state index contributed by atoms with van der Waals surface area (Å²) in [6.07, 6.45) is 1.10. The van der Waals surface area contributed by atoms with Gasteiger partial charge in [0.25, 0.3) is 0 Å². The highest BCUT2D eigenvalue weighted by Crippen LogP contribution is 2.40. The van der Waals surface area contributed by atoms with Crippen LogP contribution in [-0.4, -0.2) is 0 Å². The van der Waals surface area contributed by atoms with Crippen molar-refractivity contribution >= 4 is 18.5 Å². The lowest BCUT2D eigenvalue weighted by Crippen LogP contribution is -2.19. The van der Waals surface area contributed by atoms with Crippen LogP contribution in [0, 0.1) is 27.7 Å². The van der Waals surface area contributed by atoms with Gasteiger partial charge >= 0.3 is 0 Å². The van der Waals surface area contributed by atoms with Crippen LogP contribution in [0.4, 0.5) is 0 Å². The molecule has 1 heteroatoms. The lowest BCUT2D eigenvalue weighted by Gasteiger charge is -2.24. The van der Waals surface area contributed by atoms with Crippen molar-refractivity contribution in [3.8, 4) is 0 Å². The molecule has 0 aromatic heterocycles. The van der Waals surface area contributed by atoms with E-state index in [1.165, 1.54) is 38.4 Å². The minimum absolute atomic E-state index is 0.401. The van der Waals surface area contributed by atoms with E-state index in [4.69, 9.17) is 0 Å². The van der Waals surface area contributed by atoms with Crippen molar-refractivity contribution < 1.29 is 0 Å². The smallest absolute Gasteiger partial charge is 0.000763 e. The highest BCUT2D eigenvalue weighted by atomic mass is 31.1. The normalized spacial score (nSPS) is 11.0. The molecule has 3 aromatic rings. The first kappa shape index (κ1) is 16.9. The van der Waals surface area contributed by atoms with Crippen LogP contribution in [0.25, 0.3) is 0 Å². The van der Waals surface area contributed by atoms with Gasteiger partial charge in [0.15, 0.2) is 0 Å². The van der Waals surface area contributed by atoms with E-state index in [0.29, 0.717) is 0 Å². The third-order valence-electron chi connectivity index (χ3n) is 4.92. The first-order chi connectivity index (χ1) is 11.6. The van der Waals surface area contributed by atoms with Gasteiger partial charge in [-0.2, -0.15) is 0 Å². The third kappa shape index (κ3) is 3.45. The van der Waals surface area contributed by atoms with Gasteiger partial charge in [0, 0.05) is 6.16 Å². The standard InChI is InChI=1S/C23H25P/c1-17-10-8-14-22(19(17)3)24(16-21-12-6-5-7-13-21)23-15-9-11-18(2)20(23)4/h5-15H,16H2,1-4H3. The van der Waals surface area contributed by atoms with Gasteiger partial charge in [-0.1, -0.05) is 66.7 Å². The zero-order valence-corrected chi connectivity index (χ0v) is 15.9. The fourth-order valence-corrected chi connectivity index (χ4v) is 5.99. The fourth-order valence-electron chi connectivity index (χ4n) is 3.12. The van der Waals surface area contributed by atoms with Gasteiger partial charge in [-0.3, -0.25) is 0 Å². The van der Waals surface area contributed by atoms with Gasteiger partial charge in [0.1, 0.15) is 0 Å². The van der Waals surface area contributed by atoms with E-state index in [2.05, 4.69) is 94.4 Å². The highest BCUT2D eigenvalue weighted by molar-refractivity contribution is 7.72. The van der Waals surface area contributed by atoms with Crippen molar-refractivity contribution in [2.75, 3.05) is 0 Å². The van der Waals surface area contributed by atoms with Gasteiger partial charge in [-0.25, -0.2) is 0 Å². The van der Waals surface area contributed by atoms with Crippen molar-refractivity contribution in [1.29, 1.82) is 0 Å². The van der Waals surface area contributed by atoms with E-state index < -0.39 is 7.92 Å². The first-order valence-corrected chi connectivity index (χ1v) is 10.0. The molecule has 0 bridgehead atoms. The zero-order chi connectivity index (χ0) is 17.1. The minimum atomic E-state index is -0.401. The molecular weight excluding hydrogens is 307 g/mol. The SMILES string of the molecule is Cc1cccc(P(Cc2ccccc2)c2cccc(C)c2C)c1C. The summed E-state index contributed by atoms with van der Waals surface area (Å²) in [6.45, 7) is 8.99. The monoisotopic (exact) mass is 332 g/mol. The lowest BCUT2D eigenvalue weighted by molar-refractivity contribution is 1.34. The van der Waals surface area contributed by atoms with Gasteiger partial charge in [-0.15, -0.1) is 0 Å². The summed E-state index contributed by atoms with van der Waals surface area (Å²) in [4.78, 5) is 0. The summed E-state index contributed by atoms with van der Waals surface area (Å²) in [5, 5.41) is 3.03. The van der Waals surface area contributed by atoms with Crippen molar-refractivity contribution in [2.45, 2.75) is 33.9 Å². The van der Waals surface area contributed by atoms with Crippen molar-refractivity contribution in [2.24, 2.45) is 0 Å². The maximum atomic E-state index is 2.33. The van der Waals surface area contributed by atoms with Crippen molar-refractivity contribution in [3.05, 3.63) is 94.5 Å². The van der Waals surface area contributed by atoms with Crippen LogP contribution in [0.3, 0.4) is 0 Å². The molecule has 0 saturated carbocycles. The summed E-state index contributed by atoms with van der Waals surface area (Å²) in [5.41, 5.74) is 7.09. The van der Waals surface area contributed by atoms with E-state index in [1.54, 1.807) is 0 Å². The molecule has 0 heterocycles. The molecule has 122 valence electrons. The summed E-state index contributed by atoms with van der Waals surface area (Å²) in [6, 6.07) is 24.4. The number of aryl methyl sites for hydroxylation is 2. The summed E-state index contributed by atoms with van der Waals surface area (Å²) >= 11 is 0. The Bertz CT molecular complexity index is 782. The Morgan fingerprint density at radius 3 is 1.58 bits per heavy atom. The predicted molar refractivity (Wildman–Crippen MR) is 108 cm³/mol. The maximum absolute atomic E-state index is 2.33. The zero-order valence-electron chi connectivity index (χ0n) is 15.0. The second-order valence-electron chi connectivity index (χ2n) is 6.51. The lowest BCUT2D eigenvalue weighted by atomic mass is 10.1. The Labute approximate surface area is 147 Å². The molecular formula is C23H25P. The molecule has 0 aliphatic carbocycles. The highest BCUT2D eigenvalue weighted by Gasteiger charge is 2.19. The molecule has 0 unspecified atom stereocenters. The molecule has 0 aliphatic heterocycles. The van der Waals surface area contributed by atoms with Crippen molar-refractivity contribution in [1.82, 2.24) is 0 Å². The largest absolute Gasteiger partial charge is 0.0622 e. The molecule has 0 aliphatic rings. The van der Waals surface area contributed by atoms with E-state index in [0.717, 1.165) is 6.16 Å². The second kappa shape index (κ2) is 7.32. The topological polar surface area (TPSA) is 0 Å². The third-order valence-corrected chi connectivity index (χ3v) is 7.73. The molecule has 0 saturated heterocycles. The summed E-state index contributed by atoms with van der Waals surface area (Å²) in [5.74, 6) is 0. The van der Waals surface area contributed by atoms with Gasteiger partial charge in [0.2, 0.25) is 0 Å². The quantitative estimate of drug-likeness (QED) is 0.549. The van der Waals surface area contributed by atoms with E-state index in [9.17, 15) is 0 Å². The Balaban J connectivity index is 2.14.